The van der Waals surface area contributed by atoms with E-state index in [9.17, 15) is 26.8 Å². The van der Waals surface area contributed by atoms with Gasteiger partial charge >= 0.3 is 5.97 Å². The van der Waals surface area contributed by atoms with Crippen molar-refractivity contribution in [2.45, 2.75) is 4.90 Å². The average molecular weight is 446 g/mol. The second-order valence-corrected chi connectivity index (χ2v) is 7.96. The standard InChI is InChI=1S/C21H16F2N2O5S/c22-15-7-9-17(10-8-15)25-31(28,29)19-6-1-3-14(11-19)21(27)30-13-20(26)24-18-5-2-4-16(23)12-18/h1-12,25H,13H2,(H,24,26). The number of rotatable bonds is 7. The van der Waals surface area contributed by atoms with E-state index in [2.05, 4.69) is 10.0 Å². The molecule has 0 aliphatic carbocycles. The summed E-state index contributed by atoms with van der Waals surface area (Å²) in [6, 6.07) is 14.9. The van der Waals surface area contributed by atoms with Crippen molar-refractivity contribution in [3.63, 3.8) is 0 Å². The van der Waals surface area contributed by atoms with E-state index in [1.807, 2.05) is 0 Å². The van der Waals surface area contributed by atoms with E-state index in [4.69, 9.17) is 4.74 Å². The number of ether oxygens (including phenoxy) is 1. The minimum absolute atomic E-state index is 0.0967. The van der Waals surface area contributed by atoms with Crippen molar-refractivity contribution >= 4 is 33.3 Å². The molecule has 3 rings (SSSR count). The number of halogens is 2. The lowest BCUT2D eigenvalue weighted by molar-refractivity contribution is -0.119. The highest BCUT2D eigenvalue weighted by Crippen LogP contribution is 2.18. The second-order valence-electron chi connectivity index (χ2n) is 6.27. The Morgan fingerprint density at radius 3 is 2.26 bits per heavy atom. The summed E-state index contributed by atoms with van der Waals surface area (Å²) in [5.74, 6) is -2.68. The maximum absolute atomic E-state index is 13.1. The number of hydrogen-bond acceptors (Lipinski definition) is 5. The summed E-state index contributed by atoms with van der Waals surface area (Å²) in [6.07, 6.45) is 0. The molecule has 0 bridgehead atoms. The Morgan fingerprint density at radius 2 is 1.55 bits per heavy atom. The Bertz CT molecular complexity index is 1210. The Balaban J connectivity index is 1.64. The molecule has 0 aromatic heterocycles. The van der Waals surface area contributed by atoms with Gasteiger partial charge in [0.05, 0.1) is 10.5 Å². The van der Waals surface area contributed by atoms with Crippen molar-refractivity contribution < 1.29 is 31.5 Å². The molecule has 0 atom stereocenters. The molecule has 0 saturated carbocycles. The minimum atomic E-state index is -4.05. The number of hydrogen-bond donors (Lipinski definition) is 2. The van der Waals surface area contributed by atoms with Gasteiger partial charge in [-0.3, -0.25) is 9.52 Å². The van der Waals surface area contributed by atoms with E-state index < -0.39 is 40.1 Å². The molecule has 0 radical (unpaired) electrons. The van der Waals surface area contributed by atoms with Gasteiger partial charge in [0.15, 0.2) is 6.61 Å². The number of sulfonamides is 1. The molecule has 160 valence electrons. The van der Waals surface area contributed by atoms with Crippen LogP contribution in [0.4, 0.5) is 20.2 Å². The third kappa shape index (κ3) is 6.09. The maximum Gasteiger partial charge on any atom is 0.338 e. The molecule has 0 aliphatic heterocycles. The first kappa shape index (κ1) is 21.9. The summed E-state index contributed by atoms with van der Waals surface area (Å²) >= 11 is 0. The van der Waals surface area contributed by atoms with Gasteiger partial charge in [0.2, 0.25) is 0 Å². The van der Waals surface area contributed by atoms with Crippen molar-refractivity contribution in [1.82, 2.24) is 0 Å². The topological polar surface area (TPSA) is 102 Å². The number of esters is 1. The van der Waals surface area contributed by atoms with Gasteiger partial charge in [-0.25, -0.2) is 22.0 Å². The summed E-state index contributed by atoms with van der Waals surface area (Å²) < 4.78 is 58.3. The van der Waals surface area contributed by atoms with Crippen molar-refractivity contribution in [3.05, 3.63) is 90.0 Å². The lowest BCUT2D eigenvalue weighted by Gasteiger charge is -2.10. The van der Waals surface area contributed by atoms with Crippen LogP contribution in [0.5, 0.6) is 0 Å². The zero-order chi connectivity index (χ0) is 22.4. The molecule has 10 heteroatoms. The molecule has 0 fully saturated rings. The fourth-order valence-corrected chi connectivity index (χ4v) is 3.60. The summed E-state index contributed by atoms with van der Waals surface area (Å²) in [4.78, 5) is 23.9. The predicted molar refractivity (Wildman–Crippen MR) is 109 cm³/mol. The van der Waals surface area contributed by atoms with Gasteiger partial charge in [0, 0.05) is 11.4 Å². The number of carbonyl (C=O) groups is 2. The predicted octanol–water partition coefficient (Wildman–Crippen LogP) is 3.56. The van der Waals surface area contributed by atoms with E-state index in [0.29, 0.717) is 0 Å². The van der Waals surface area contributed by atoms with Crippen molar-refractivity contribution in [1.29, 1.82) is 0 Å². The Morgan fingerprint density at radius 1 is 0.839 bits per heavy atom. The molecule has 0 unspecified atom stereocenters. The summed E-state index contributed by atoms with van der Waals surface area (Å²) in [6.45, 7) is -0.653. The second kappa shape index (κ2) is 9.35. The van der Waals surface area contributed by atoms with E-state index in [1.54, 1.807) is 0 Å². The van der Waals surface area contributed by atoms with Crippen molar-refractivity contribution in [2.24, 2.45) is 0 Å². The molecule has 7 nitrogen and oxygen atoms in total. The highest BCUT2D eigenvalue weighted by atomic mass is 32.2. The van der Waals surface area contributed by atoms with Crippen LogP contribution in [0.2, 0.25) is 0 Å². The van der Waals surface area contributed by atoms with Crippen LogP contribution in [0.3, 0.4) is 0 Å². The molecule has 0 saturated heterocycles. The third-order valence-corrected chi connectivity index (χ3v) is 5.30. The molecule has 0 heterocycles. The van der Waals surface area contributed by atoms with Gasteiger partial charge in [-0.15, -0.1) is 0 Å². The maximum atomic E-state index is 13.1. The van der Waals surface area contributed by atoms with Crippen molar-refractivity contribution in [3.8, 4) is 0 Å². The highest BCUT2D eigenvalue weighted by Gasteiger charge is 2.18. The summed E-state index contributed by atoms with van der Waals surface area (Å²) in [5.41, 5.74) is 0.241. The Hall–Kier alpha value is -3.79. The zero-order valence-electron chi connectivity index (χ0n) is 15.8. The van der Waals surface area contributed by atoms with Gasteiger partial charge in [-0.1, -0.05) is 12.1 Å². The summed E-state index contributed by atoms with van der Waals surface area (Å²) in [5, 5.41) is 2.37. The monoisotopic (exact) mass is 446 g/mol. The molecular formula is C21H16F2N2O5S. The fraction of sp³-hybridized carbons (Fsp3) is 0.0476. The van der Waals surface area contributed by atoms with Crippen molar-refractivity contribution in [2.75, 3.05) is 16.6 Å². The number of carbonyl (C=O) groups excluding carboxylic acids is 2. The van der Waals surface area contributed by atoms with Crippen LogP contribution in [-0.2, 0) is 19.6 Å². The molecule has 0 spiro atoms. The quantitative estimate of drug-likeness (QED) is 0.541. The van der Waals surface area contributed by atoms with E-state index >= 15 is 0 Å². The highest BCUT2D eigenvalue weighted by molar-refractivity contribution is 7.92. The largest absolute Gasteiger partial charge is 0.452 e. The first-order chi connectivity index (χ1) is 14.7. The first-order valence-corrected chi connectivity index (χ1v) is 10.3. The Labute approximate surface area is 176 Å². The average Bonchev–Trinajstić information content (AvgIpc) is 2.73. The van der Waals surface area contributed by atoms with Crippen LogP contribution in [0.1, 0.15) is 10.4 Å². The molecule has 3 aromatic rings. The lowest BCUT2D eigenvalue weighted by atomic mass is 10.2. The van der Waals surface area contributed by atoms with Gasteiger partial charge in [0.1, 0.15) is 11.6 Å². The fourth-order valence-electron chi connectivity index (χ4n) is 2.50. The van der Waals surface area contributed by atoms with E-state index in [-0.39, 0.29) is 21.8 Å². The zero-order valence-corrected chi connectivity index (χ0v) is 16.7. The van der Waals surface area contributed by atoms with Crippen LogP contribution in [0.25, 0.3) is 0 Å². The minimum Gasteiger partial charge on any atom is -0.452 e. The normalized spacial score (nSPS) is 10.9. The smallest absolute Gasteiger partial charge is 0.338 e. The van der Waals surface area contributed by atoms with Crippen LogP contribution >= 0.6 is 0 Å². The number of benzene rings is 3. The van der Waals surface area contributed by atoms with E-state index in [1.165, 1.54) is 48.5 Å². The van der Waals surface area contributed by atoms with Gasteiger partial charge < -0.3 is 10.1 Å². The van der Waals surface area contributed by atoms with Crippen LogP contribution < -0.4 is 10.0 Å². The van der Waals surface area contributed by atoms with Gasteiger partial charge in [-0.2, -0.15) is 0 Å². The molecule has 31 heavy (non-hydrogen) atoms. The summed E-state index contributed by atoms with van der Waals surface area (Å²) in [7, 11) is -4.05. The molecule has 0 aliphatic rings. The van der Waals surface area contributed by atoms with Gasteiger partial charge in [0.25, 0.3) is 15.9 Å². The molecular weight excluding hydrogens is 430 g/mol. The molecule has 3 aromatic carbocycles. The third-order valence-electron chi connectivity index (χ3n) is 3.92. The van der Waals surface area contributed by atoms with E-state index in [0.717, 1.165) is 24.3 Å². The van der Waals surface area contributed by atoms with Crippen LogP contribution in [0.15, 0.2) is 77.7 Å². The van der Waals surface area contributed by atoms with Gasteiger partial charge in [-0.05, 0) is 60.7 Å². The lowest BCUT2D eigenvalue weighted by Crippen LogP contribution is -2.21. The van der Waals surface area contributed by atoms with Crippen LogP contribution in [0, 0.1) is 11.6 Å². The molecule has 2 N–H and O–H groups in total. The molecule has 1 amide bonds. The number of nitrogens with one attached hydrogen (secondary N) is 2. The first-order valence-electron chi connectivity index (χ1n) is 8.84. The SMILES string of the molecule is O=C(COC(=O)c1cccc(S(=O)(=O)Nc2ccc(F)cc2)c1)Nc1cccc(F)c1. The number of anilines is 2. The number of amides is 1. The Kier molecular flexibility index (Phi) is 6.61. The van der Waals surface area contributed by atoms with Crippen LogP contribution in [-0.4, -0.2) is 26.9 Å².